The molecule has 0 radical (unpaired) electrons. The van der Waals surface area contributed by atoms with E-state index in [2.05, 4.69) is 22.8 Å². The monoisotopic (exact) mass is 266 g/mol. The van der Waals surface area contributed by atoms with E-state index in [0.717, 1.165) is 5.75 Å². The van der Waals surface area contributed by atoms with Gasteiger partial charge in [-0.1, -0.05) is 18.2 Å². The van der Waals surface area contributed by atoms with Crippen LogP contribution in [0.5, 0.6) is 0 Å². The number of amides is 1. The SMILES string of the molecule is COCCNC(=O)CNC1CSc2ccccc21. The van der Waals surface area contributed by atoms with Crippen molar-refractivity contribution >= 4 is 17.7 Å². The van der Waals surface area contributed by atoms with Crippen molar-refractivity contribution in [3.05, 3.63) is 29.8 Å². The Morgan fingerprint density at radius 1 is 1.50 bits per heavy atom. The number of carbonyl (C=O) groups excluding carboxylic acids is 1. The molecule has 1 aliphatic heterocycles. The van der Waals surface area contributed by atoms with Crippen molar-refractivity contribution < 1.29 is 9.53 Å². The first-order chi connectivity index (χ1) is 8.81. The number of benzene rings is 1. The summed E-state index contributed by atoms with van der Waals surface area (Å²) in [4.78, 5) is 12.9. The molecular weight excluding hydrogens is 248 g/mol. The first-order valence-corrected chi connectivity index (χ1v) is 7.00. The number of carbonyl (C=O) groups is 1. The second-order valence-corrected chi connectivity index (χ2v) is 5.19. The molecule has 0 aliphatic carbocycles. The number of hydrogen-bond donors (Lipinski definition) is 2. The standard InChI is InChI=1S/C13H18N2O2S/c1-17-7-6-14-13(16)8-15-11-9-18-12-5-3-2-4-10(11)12/h2-5,11,15H,6-9H2,1H3,(H,14,16). The van der Waals surface area contributed by atoms with E-state index in [1.807, 2.05) is 23.9 Å². The summed E-state index contributed by atoms with van der Waals surface area (Å²) in [6, 6.07) is 8.61. The van der Waals surface area contributed by atoms with E-state index in [9.17, 15) is 4.79 Å². The van der Waals surface area contributed by atoms with Crippen molar-refractivity contribution in [3.63, 3.8) is 0 Å². The predicted octanol–water partition coefficient (Wildman–Crippen LogP) is 1.19. The van der Waals surface area contributed by atoms with Crippen LogP contribution in [0.15, 0.2) is 29.2 Å². The van der Waals surface area contributed by atoms with Crippen molar-refractivity contribution in [1.82, 2.24) is 10.6 Å². The molecule has 98 valence electrons. The van der Waals surface area contributed by atoms with Crippen molar-refractivity contribution in [2.45, 2.75) is 10.9 Å². The molecule has 0 aromatic heterocycles. The summed E-state index contributed by atoms with van der Waals surface area (Å²) in [6.45, 7) is 1.46. The first-order valence-electron chi connectivity index (χ1n) is 6.02. The molecule has 2 N–H and O–H groups in total. The molecule has 5 heteroatoms. The molecule has 1 aromatic carbocycles. The normalized spacial score (nSPS) is 17.5. The zero-order chi connectivity index (χ0) is 12.8. The molecular formula is C13H18N2O2S. The molecule has 4 nitrogen and oxygen atoms in total. The quantitative estimate of drug-likeness (QED) is 0.759. The lowest BCUT2D eigenvalue weighted by Crippen LogP contribution is -2.37. The summed E-state index contributed by atoms with van der Waals surface area (Å²) < 4.78 is 4.88. The fourth-order valence-corrected chi connectivity index (χ4v) is 3.10. The van der Waals surface area contributed by atoms with Crippen LogP contribution in [-0.4, -0.2) is 38.5 Å². The van der Waals surface area contributed by atoms with Crippen molar-refractivity contribution in [2.75, 3.05) is 32.6 Å². The second-order valence-electron chi connectivity index (χ2n) is 4.13. The Hall–Kier alpha value is -1.04. The second kappa shape index (κ2) is 6.78. The Kier molecular flexibility index (Phi) is 5.04. The molecule has 1 heterocycles. The lowest BCUT2D eigenvalue weighted by molar-refractivity contribution is -0.120. The molecule has 1 unspecified atom stereocenters. The van der Waals surface area contributed by atoms with Gasteiger partial charge < -0.3 is 15.4 Å². The Morgan fingerprint density at radius 2 is 2.33 bits per heavy atom. The summed E-state index contributed by atoms with van der Waals surface area (Å²) in [5, 5.41) is 6.09. The molecule has 1 amide bonds. The van der Waals surface area contributed by atoms with Crippen molar-refractivity contribution in [2.24, 2.45) is 0 Å². The molecule has 2 rings (SSSR count). The van der Waals surface area contributed by atoms with Crippen LogP contribution in [0.4, 0.5) is 0 Å². The molecule has 18 heavy (non-hydrogen) atoms. The molecule has 0 saturated carbocycles. The maximum atomic E-state index is 11.6. The summed E-state index contributed by atoms with van der Waals surface area (Å²) in [7, 11) is 1.62. The van der Waals surface area contributed by atoms with Crippen molar-refractivity contribution in [3.8, 4) is 0 Å². The van der Waals surface area contributed by atoms with Gasteiger partial charge in [0.15, 0.2) is 0 Å². The topological polar surface area (TPSA) is 50.4 Å². The number of methoxy groups -OCH3 is 1. The molecule has 1 atom stereocenters. The highest BCUT2D eigenvalue weighted by Crippen LogP contribution is 2.37. The number of hydrogen-bond acceptors (Lipinski definition) is 4. The minimum atomic E-state index is 0.0152. The Labute approximate surface area is 111 Å². The van der Waals surface area contributed by atoms with E-state index in [1.165, 1.54) is 10.5 Å². The Morgan fingerprint density at radius 3 is 3.17 bits per heavy atom. The molecule has 1 aromatic rings. The molecule has 0 spiro atoms. The number of rotatable bonds is 6. The maximum Gasteiger partial charge on any atom is 0.234 e. The van der Waals surface area contributed by atoms with Gasteiger partial charge in [0, 0.05) is 30.3 Å². The van der Waals surface area contributed by atoms with Crippen LogP contribution in [-0.2, 0) is 9.53 Å². The Bertz CT molecular complexity index is 412. The number of fused-ring (bicyclic) bond motifs is 1. The lowest BCUT2D eigenvalue weighted by Gasteiger charge is -2.13. The van der Waals surface area contributed by atoms with Crippen LogP contribution < -0.4 is 10.6 Å². The van der Waals surface area contributed by atoms with E-state index < -0.39 is 0 Å². The summed E-state index contributed by atoms with van der Waals surface area (Å²) in [6.07, 6.45) is 0. The van der Waals surface area contributed by atoms with E-state index in [1.54, 1.807) is 7.11 Å². The van der Waals surface area contributed by atoms with Crippen LogP contribution >= 0.6 is 11.8 Å². The predicted molar refractivity (Wildman–Crippen MR) is 72.8 cm³/mol. The zero-order valence-corrected chi connectivity index (χ0v) is 11.3. The van der Waals surface area contributed by atoms with E-state index in [4.69, 9.17) is 4.74 Å². The van der Waals surface area contributed by atoms with Gasteiger partial charge in [-0.2, -0.15) is 0 Å². The first kappa shape index (κ1) is 13.4. The van der Waals surface area contributed by atoms with Gasteiger partial charge in [0.2, 0.25) is 5.91 Å². The maximum absolute atomic E-state index is 11.6. The molecule has 0 fully saturated rings. The molecule has 0 bridgehead atoms. The number of thioether (sulfide) groups is 1. The summed E-state index contributed by atoms with van der Waals surface area (Å²) >= 11 is 1.83. The summed E-state index contributed by atoms with van der Waals surface area (Å²) in [5.41, 5.74) is 1.30. The Balaban J connectivity index is 1.77. The van der Waals surface area contributed by atoms with Crippen molar-refractivity contribution in [1.29, 1.82) is 0 Å². The fraction of sp³-hybridized carbons (Fsp3) is 0.462. The fourth-order valence-electron chi connectivity index (χ4n) is 1.90. The molecule has 1 aliphatic rings. The third kappa shape index (κ3) is 3.48. The minimum Gasteiger partial charge on any atom is -0.383 e. The highest BCUT2D eigenvalue weighted by molar-refractivity contribution is 7.99. The van der Waals surface area contributed by atoms with Gasteiger partial charge in [0.25, 0.3) is 0 Å². The van der Waals surface area contributed by atoms with Crippen LogP contribution in [0.2, 0.25) is 0 Å². The van der Waals surface area contributed by atoms with Gasteiger partial charge >= 0.3 is 0 Å². The third-order valence-electron chi connectivity index (χ3n) is 2.84. The summed E-state index contributed by atoms with van der Waals surface area (Å²) in [5.74, 6) is 1.01. The van der Waals surface area contributed by atoms with Crippen LogP contribution in [0, 0.1) is 0 Å². The van der Waals surface area contributed by atoms with Crippen LogP contribution in [0.1, 0.15) is 11.6 Å². The molecule has 0 saturated heterocycles. The van der Waals surface area contributed by atoms with E-state index >= 15 is 0 Å². The van der Waals surface area contributed by atoms with Gasteiger partial charge in [-0.15, -0.1) is 11.8 Å². The average molecular weight is 266 g/mol. The highest BCUT2D eigenvalue weighted by Gasteiger charge is 2.22. The number of nitrogens with one attached hydrogen (secondary N) is 2. The highest BCUT2D eigenvalue weighted by atomic mass is 32.2. The van der Waals surface area contributed by atoms with E-state index in [0.29, 0.717) is 19.7 Å². The van der Waals surface area contributed by atoms with Gasteiger partial charge in [0.1, 0.15) is 0 Å². The van der Waals surface area contributed by atoms with Crippen LogP contribution in [0.3, 0.4) is 0 Å². The number of ether oxygens (including phenoxy) is 1. The van der Waals surface area contributed by atoms with Gasteiger partial charge in [-0.3, -0.25) is 4.79 Å². The lowest BCUT2D eigenvalue weighted by atomic mass is 10.1. The van der Waals surface area contributed by atoms with Gasteiger partial charge in [-0.25, -0.2) is 0 Å². The van der Waals surface area contributed by atoms with Crippen LogP contribution in [0.25, 0.3) is 0 Å². The minimum absolute atomic E-state index is 0.0152. The largest absolute Gasteiger partial charge is 0.383 e. The zero-order valence-electron chi connectivity index (χ0n) is 10.4. The smallest absolute Gasteiger partial charge is 0.234 e. The van der Waals surface area contributed by atoms with Gasteiger partial charge in [-0.05, 0) is 11.6 Å². The van der Waals surface area contributed by atoms with Gasteiger partial charge in [0.05, 0.1) is 13.2 Å². The third-order valence-corrected chi connectivity index (χ3v) is 4.02. The average Bonchev–Trinajstić information content (AvgIpc) is 2.80. The van der Waals surface area contributed by atoms with E-state index in [-0.39, 0.29) is 11.9 Å².